The normalized spacial score (nSPS) is 17.3. The van der Waals surface area contributed by atoms with Crippen LogP contribution in [0.3, 0.4) is 0 Å². The molecule has 1 aromatic heterocycles. The third-order valence-electron chi connectivity index (χ3n) is 4.03. The van der Waals surface area contributed by atoms with Crippen molar-refractivity contribution in [2.45, 2.75) is 27.3 Å². The first kappa shape index (κ1) is 13.1. The molecule has 0 aliphatic carbocycles. The average Bonchev–Trinajstić information content (AvgIpc) is 2.48. The van der Waals surface area contributed by atoms with E-state index < -0.39 is 0 Å². The number of nitrogens with zero attached hydrogens (tertiary/aromatic N) is 2. The van der Waals surface area contributed by atoms with Crippen LogP contribution in [-0.4, -0.2) is 28.8 Å². The van der Waals surface area contributed by atoms with E-state index in [9.17, 15) is 4.79 Å². The van der Waals surface area contributed by atoms with E-state index in [0.29, 0.717) is 12.5 Å². The molecule has 2 heterocycles. The summed E-state index contributed by atoms with van der Waals surface area (Å²) in [6.45, 7) is 8.51. The molecule has 100 valence electrons. The van der Waals surface area contributed by atoms with Crippen LogP contribution in [0.15, 0.2) is 0 Å². The quantitative estimate of drug-likeness (QED) is 0.818. The molecule has 1 unspecified atom stereocenters. The first-order valence-electron chi connectivity index (χ1n) is 6.48. The van der Waals surface area contributed by atoms with Crippen molar-refractivity contribution in [3.63, 3.8) is 0 Å². The lowest BCUT2D eigenvalue weighted by molar-refractivity contribution is -0.126. The lowest BCUT2D eigenvalue weighted by atomic mass is 9.88. The molecular formula is C13H22N4O. The summed E-state index contributed by atoms with van der Waals surface area (Å²) >= 11 is 0. The zero-order valence-corrected chi connectivity index (χ0v) is 11.6. The van der Waals surface area contributed by atoms with E-state index in [1.165, 1.54) is 0 Å². The Morgan fingerprint density at radius 3 is 2.67 bits per heavy atom. The van der Waals surface area contributed by atoms with Crippen LogP contribution in [0.5, 0.6) is 0 Å². The largest absolute Gasteiger partial charge is 0.352 e. The minimum absolute atomic E-state index is 0.0866. The first-order valence-corrected chi connectivity index (χ1v) is 6.48. The third kappa shape index (κ3) is 2.41. The summed E-state index contributed by atoms with van der Waals surface area (Å²) in [6, 6.07) is 0. The highest BCUT2D eigenvalue weighted by molar-refractivity contribution is 5.78. The number of nitrogens with one attached hydrogen (secondary N) is 2. The second kappa shape index (κ2) is 5.10. The van der Waals surface area contributed by atoms with Crippen LogP contribution in [0.25, 0.3) is 0 Å². The summed E-state index contributed by atoms with van der Waals surface area (Å²) < 4.78 is 1.86. The van der Waals surface area contributed by atoms with Gasteiger partial charge >= 0.3 is 0 Å². The molecule has 2 N–H and O–H groups in total. The van der Waals surface area contributed by atoms with Gasteiger partial charge in [0.25, 0.3) is 0 Å². The molecule has 2 rings (SSSR count). The number of amides is 1. The molecule has 1 saturated heterocycles. The molecule has 1 aliphatic heterocycles. The highest BCUT2D eigenvalue weighted by Crippen LogP contribution is 2.17. The number of aryl methyl sites for hydroxylation is 2. The van der Waals surface area contributed by atoms with Crippen molar-refractivity contribution in [1.82, 2.24) is 20.4 Å². The van der Waals surface area contributed by atoms with Gasteiger partial charge in [-0.2, -0.15) is 5.10 Å². The fourth-order valence-corrected chi connectivity index (χ4v) is 2.29. The molecule has 0 spiro atoms. The fraction of sp³-hybridized carbons (Fsp3) is 0.692. The van der Waals surface area contributed by atoms with Gasteiger partial charge in [0.1, 0.15) is 0 Å². The lowest BCUT2D eigenvalue weighted by Crippen LogP contribution is -2.49. The summed E-state index contributed by atoms with van der Waals surface area (Å²) in [6.07, 6.45) is 0. The molecule has 1 aromatic rings. The Balaban J connectivity index is 1.92. The SMILES string of the molecule is Cc1nn(C)c(C)c1CNC(=O)C(C)C1CNC1. The van der Waals surface area contributed by atoms with Crippen molar-refractivity contribution in [2.75, 3.05) is 13.1 Å². The Bertz CT molecular complexity index is 448. The van der Waals surface area contributed by atoms with E-state index in [2.05, 4.69) is 15.7 Å². The number of hydrogen-bond acceptors (Lipinski definition) is 3. The van der Waals surface area contributed by atoms with E-state index in [-0.39, 0.29) is 11.8 Å². The van der Waals surface area contributed by atoms with Gasteiger partial charge in [0.05, 0.1) is 5.69 Å². The van der Waals surface area contributed by atoms with Crippen molar-refractivity contribution in [2.24, 2.45) is 18.9 Å². The van der Waals surface area contributed by atoms with Crippen LogP contribution in [0, 0.1) is 25.7 Å². The molecule has 18 heavy (non-hydrogen) atoms. The molecule has 1 amide bonds. The Kier molecular flexibility index (Phi) is 3.71. The van der Waals surface area contributed by atoms with Gasteiger partial charge < -0.3 is 10.6 Å². The number of hydrogen-bond donors (Lipinski definition) is 2. The zero-order valence-electron chi connectivity index (χ0n) is 11.6. The van der Waals surface area contributed by atoms with Gasteiger partial charge in [0.15, 0.2) is 0 Å². The summed E-state index contributed by atoms with van der Waals surface area (Å²) in [5.74, 6) is 0.716. The standard InChI is InChI=1S/C13H22N4O/c1-8(11-5-14-6-11)13(18)15-7-12-9(2)16-17(4)10(12)3/h8,11,14H,5-7H2,1-4H3,(H,15,18). The van der Waals surface area contributed by atoms with Gasteiger partial charge in [-0.25, -0.2) is 0 Å². The van der Waals surface area contributed by atoms with Gasteiger partial charge in [0.2, 0.25) is 5.91 Å². The highest BCUT2D eigenvalue weighted by atomic mass is 16.1. The molecule has 1 aliphatic rings. The van der Waals surface area contributed by atoms with Crippen molar-refractivity contribution >= 4 is 5.91 Å². The number of rotatable bonds is 4. The topological polar surface area (TPSA) is 59.0 Å². The number of aromatic nitrogens is 2. The van der Waals surface area contributed by atoms with E-state index in [0.717, 1.165) is 30.0 Å². The maximum Gasteiger partial charge on any atom is 0.223 e. The minimum Gasteiger partial charge on any atom is -0.352 e. The molecule has 0 aromatic carbocycles. The van der Waals surface area contributed by atoms with Crippen LogP contribution in [0.1, 0.15) is 23.9 Å². The Labute approximate surface area is 108 Å². The molecule has 0 saturated carbocycles. The van der Waals surface area contributed by atoms with Gasteiger partial charge in [-0.05, 0) is 32.9 Å². The molecule has 5 nitrogen and oxygen atoms in total. The Morgan fingerprint density at radius 2 is 2.22 bits per heavy atom. The predicted molar refractivity (Wildman–Crippen MR) is 70.1 cm³/mol. The van der Waals surface area contributed by atoms with Crippen LogP contribution in [0.2, 0.25) is 0 Å². The summed E-state index contributed by atoms with van der Waals surface area (Å²) in [5, 5.41) is 10.6. The van der Waals surface area contributed by atoms with Crippen LogP contribution in [0.4, 0.5) is 0 Å². The average molecular weight is 250 g/mol. The zero-order chi connectivity index (χ0) is 13.3. The van der Waals surface area contributed by atoms with Crippen molar-refractivity contribution in [3.05, 3.63) is 17.0 Å². The third-order valence-corrected chi connectivity index (χ3v) is 4.03. The lowest BCUT2D eigenvalue weighted by Gasteiger charge is -2.31. The Hall–Kier alpha value is -1.36. The molecule has 1 fully saturated rings. The van der Waals surface area contributed by atoms with Crippen LogP contribution < -0.4 is 10.6 Å². The molecule has 5 heteroatoms. The molecular weight excluding hydrogens is 228 g/mol. The minimum atomic E-state index is 0.0866. The van der Waals surface area contributed by atoms with Gasteiger partial charge in [-0.1, -0.05) is 6.92 Å². The summed E-state index contributed by atoms with van der Waals surface area (Å²) in [4.78, 5) is 12.0. The van der Waals surface area contributed by atoms with Gasteiger partial charge in [-0.15, -0.1) is 0 Å². The summed E-state index contributed by atoms with van der Waals surface area (Å²) in [7, 11) is 1.93. The number of carbonyl (C=O) groups excluding carboxylic acids is 1. The maximum absolute atomic E-state index is 12.0. The number of carbonyl (C=O) groups is 1. The Morgan fingerprint density at radius 1 is 1.56 bits per heavy atom. The van der Waals surface area contributed by atoms with Crippen molar-refractivity contribution in [1.29, 1.82) is 0 Å². The van der Waals surface area contributed by atoms with E-state index >= 15 is 0 Å². The van der Waals surface area contributed by atoms with Crippen LogP contribution in [-0.2, 0) is 18.4 Å². The van der Waals surface area contributed by atoms with Crippen molar-refractivity contribution in [3.8, 4) is 0 Å². The predicted octanol–water partition coefficient (Wildman–Crippen LogP) is 0.509. The monoisotopic (exact) mass is 250 g/mol. The molecule has 0 bridgehead atoms. The first-order chi connectivity index (χ1) is 8.50. The second-order valence-electron chi connectivity index (χ2n) is 5.20. The van der Waals surface area contributed by atoms with E-state index in [1.54, 1.807) is 0 Å². The van der Waals surface area contributed by atoms with E-state index in [1.807, 2.05) is 32.5 Å². The van der Waals surface area contributed by atoms with E-state index in [4.69, 9.17) is 0 Å². The maximum atomic E-state index is 12.0. The molecule has 1 atom stereocenters. The van der Waals surface area contributed by atoms with Gasteiger partial charge in [-0.3, -0.25) is 9.48 Å². The molecule has 0 radical (unpaired) electrons. The highest BCUT2D eigenvalue weighted by Gasteiger charge is 2.28. The van der Waals surface area contributed by atoms with Crippen LogP contribution >= 0.6 is 0 Å². The fourth-order valence-electron chi connectivity index (χ4n) is 2.29. The smallest absolute Gasteiger partial charge is 0.223 e. The van der Waals surface area contributed by atoms with Crippen molar-refractivity contribution < 1.29 is 4.79 Å². The summed E-state index contributed by atoms with van der Waals surface area (Å²) in [5.41, 5.74) is 3.24. The van der Waals surface area contributed by atoms with Gasteiger partial charge in [0, 0.05) is 30.8 Å². The second-order valence-corrected chi connectivity index (χ2v) is 5.20.